The molecule has 0 atom stereocenters. The van der Waals surface area contributed by atoms with Crippen LogP contribution in [0, 0.1) is 4.77 Å². The molecule has 2 rings (SSSR count). The molecule has 0 radical (unpaired) electrons. The summed E-state index contributed by atoms with van der Waals surface area (Å²) >= 11 is 5.04. The number of aromatic hydroxyl groups is 1. The first-order valence-corrected chi connectivity index (χ1v) is 6.10. The normalized spacial score (nSPS) is 10.3. The molecule has 0 fully saturated rings. The number of nitrogens with zero attached hydrogens (tertiary/aromatic N) is 1. The molecule has 0 saturated carbocycles. The highest BCUT2D eigenvalue weighted by Crippen LogP contribution is 2.27. The Morgan fingerprint density at radius 3 is 2.65 bits per heavy atom. The van der Waals surface area contributed by atoms with Crippen LogP contribution in [0.1, 0.15) is 17.3 Å². The summed E-state index contributed by atoms with van der Waals surface area (Å²) in [7, 11) is 1.47. The van der Waals surface area contributed by atoms with Crippen LogP contribution in [0.3, 0.4) is 0 Å². The number of ketones is 1. The molecule has 0 bridgehead atoms. The Kier molecular flexibility index (Phi) is 3.71. The van der Waals surface area contributed by atoms with Crippen molar-refractivity contribution in [1.82, 2.24) is 9.55 Å². The van der Waals surface area contributed by atoms with E-state index in [1.165, 1.54) is 18.6 Å². The average Bonchev–Trinajstić information content (AvgIpc) is 2.38. The molecular formula is C13H12N2O4S. The van der Waals surface area contributed by atoms with Crippen molar-refractivity contribution in [3.63, 3.8) is 0 Å². The summed E-state index contributed by atoms with van der Waals surface area (Å²) in [5.74, 6) is -0.612. The van der Waals surface area contributed by atoms with Gasteiger partial charge in [-0.05, 0) is 31.3 Å². The van der Waals surface area contributed by atoms with Gasteiger partial charge in [0.15, 0.2) is 10.6 Å². The van der Waals surface area contributed by atoms with Crippen LogP contribution in [-0.2, 0) is 0 Å². The molecule has 0 aliphatic heterocycles. The third-order valence-electron chi connectivity index (χ3n) is 2.76. The summed E-state index contributed by atoms with van der Waals surface area (Å²) in [5.41, 5.74) is -0.632. The number of benzene rings is 1. The van der Waals surface area contributed by atoms with Gasteiger partial charge in [-0.15, -0.1) is 0 Å². The quantitative estimate of drug-likeness (QED) is 0.666. The minimum absolute atomic E-state index is 0.0259. The van der Waals surface area contributed by atoms with Gasteiger partial charge in [-0.2, -0.15) is 0 Å². The largest absolute Gasteiger partial charge is 0.495 e. The van der Waals surface area contributed by atoms with E-state index < -0.39 is 17.2 Å². The van der Waals surface area contributed by atoms with Gasteiger partial charge in [0, 0.05) is 0 Å². The highest BCUT2D eigenvalue weighted by Gasteiger charge is 2.19. The second-order valence-electron chi connectivity index (χ2n) is 4.02. The maximum absolute atomic E-state index is 11.7. The van der Waals surface area contributed by atoms with Crippen molar-refractivity contribution in [2.24, 2.45) is 0 Å². The highest BCUT2D eigenvalue weighted by atomic mass is 32.1. The van der Waals surface area contributed by atoms with Crippen LogP contribution < -0.4 is 10.3 Å². The van der Waals surface area contributed by atoms with Crippen molar-refractivity contribution in [2.75, 3.05) is 7.11 Å². The van der Waals surface area contributed by atoms with Crippen LogP contribution in [0.25, 0.3) is 5.69 Å². The van der Waals surface area contributed by atoms with Crippen molar-refractivity contribution >= 4 is 18.0 Å². The third-order valence-corrected chi connectivity index (χ3v) is 3.05. The zero-order valence-electron chi connectivity index (χ0n) is 10.8. The Balaban J connectivity index is 2.88. The second kappa shape index (κ2) is 5.30. The first-order valence-electron chi connectivity index (χ1n) is 5.70. The number of aromatic amines is 1. The molecule has 0 unspecified atom stereocenters. The number of para-hydroxylation sites is 2. The number of H-pyrrole nitrogens is 1. The van der Waals surface area contributed by atoms with Gasteiger partial charge in [0.25, 0.3) is 5.56 Å². The van der Waals surface area contributed by atoms with Gasteiger partial charge in [-0.1, -0.05) is 12.1 Å². The Bertz CT molecular complexity index is 792. The molecule has 2 N–H and O–H groups in total. The number of methoxy groups -OCH3 is 1. The zero-order valence-corrected chi connectivity index (χ0v) is 11.7. The van der Waals surface area contributed by atoms with E-state index in [9.17, 15) is 14.7 Å². The zero-order chi connectivity index (χ0) is 14.9. The molecule has 0 amide bonds. The third kappa shape index (κ3) is 2.23. The Labute approximate surface area is 119 Å². The summed E-state index contributed by atoms with van der Waals surface area (Å²) in [5, 5.41) is 10.2. The monoisotopic (exact) mass is 292 g/mol. The van der Waals surface area contributed by atoms with Crippen LogP contribution in [-0.4, -0.2) is 27.6 Å². The lowest BCUT2D eigenvalue weighted by molar-refractivity contribution is 0.101. The number of nitrogens with one attached hydrogen (secondary N) is 1. The predicted molar refractivity (Wildman–Crippen MR) is 75.4 cm³/mol. The fourth-order valence-corrected chi connectivity index (χ4v) is 2.16. The van der Waals surface area contributed by atoms with Gasteiger partial charge in [0.2, 0.25) is 5.88 Å². The van der Waals surface area contributed by atoms with Crippen LogP contribution in [0.5, 0.6) is 11.6 Å². The lowest BCUT2D eigenvalue weighted by Gasteiger charge is -2.14. The lowest BCUT2D eigenvalue weighted by Crippen LogP contribution is -2.21. The van der Waals surface area contributed by atoms with E-state index >= 15 is 0 Å². The molecule has 0 aliphatic rings. The molecule has 1 heterocycles. The van der Waals surface area contributed by atoms with Crippen LogP contribution in [0.2, 0.25) is 0 Å². The van der Waals surface area contributed by atoms with Crippen molar-refractivity contribution < 1.29 is 14.6 Å². The van der Waals surface area contributed by atoms with Gasteiger partial charge >= 0.3 is 0 Å². The Morgan fingerprint density at radius 2 is 2.05 bits per heavy atom. The van der Waals surface area contributed by atoms with E-state index in [0.717, 1.165) is 0 Å². The molecule has 1 aromatic carbocycles. The smallest absolute Gasteiger partial charge is 0.266 e. The molecule has 6 nitrogen and oxygen atoms in total. The highest BCUT2D eigenvalue weighted by molar-refractivity contribution is 7.71. The second-order valence-corrected chi connectivity index (χ2v) is 4.41. The first kappa shape index (κ1) is 14.0. The topological polar surface area (TPSA) is 84.3 Å². The number of aromatic nitrogens is 2. The summed E-state index contributed by atoms with van der Waals surface area (Å²) in [6, 6.07) is 6.80. The van der Waals surface area contributed by atoms with Crippen molar-refractivity contribution in [2.45, 2.75) is 6.92 Å². The van der Waals surface area contributed by atoms with E-state index in [0.29, 0.717) is 11.4 Å². The molecular weight excluding hydrogens is 280 g/mol. The fraction of sp³-hybridized carbons (Fsp3) is 0.154. The number of rotatable bonds is 3. The van der Waals surface area contributed by atoms with Gasteiger partial charge < -0.3 is 9.84 Å². The van der Waals surface area contributed by atoms with Gasteiger partial charge in [0.05, 0.1) is 12.8 Å². The van der Waals surface area contributed by atoms with Crippen molar-refractivity contribution in [3.8, 4) is 17.3 Å². The molecule has 1 aromatic heterocycles. The van der Waals surface area contributed by atoms with Crippen LogP contribution in [0.15, 0.2) is 29.1 Å². The molecule has 0 saturated heterocycles. The van der Waals surface area contributed by atoms with Crippen molar-refractivity contribution in [1.29, 1.82) is 0 Å². The molecule has 0 spiro atoms. The van der Waals surface area contributed by atoms with E-state index in [1.807, 2.05) is 0 Å². The minimum Gasteiger partial charge on any atom is -0.495 e. The van der Waals surface area contributed by atoms with Crippen LogP contribution >= 0.6 is 12.2 Å². The van der Waals surface area contributed by atoms with Crippen molar-refractivity contribution in [3.05, 3.63) is 45.0 Å². The maximum atomic E-state index is 11.7. The minimum atomic E-state index is -0.717. The number of hydrogen-bond donors (Lipinski definition) is 2. The van der Waals surface area contributed by atoms with Gasteiger partial charge in [0.1, 0.15) is 11.3 Å². The fourth-order valence-electron chi connectivity index (χ4n) is 1.88. The molecule has 0 aliphatic carbocycles. The summed E-state index contributed by atoms with van der Waals surface area (Å²) in [4.78, 5) is 25.5. The SMILES string of the molecule is COc1ccccc1-n1c(O)c(C(C)=O)c(=O)[nH]c1=S. The van der Waals surface area contributed by atoms with E-state index in [4.69, 9.17) is 17.0 Å². The number of Topliss-reactive ketones (excluding diaryl/α,β-unsaturated/α-hetero) is 1. The number of ether oxygens (including phenoxy) is 1. The Morgan fingerprint density at radius 1 is 1.40 bits per heavy atom. The first-order chi connectivity index (χ1) is 9.47. The molecule has 7 heteroatoms. The van der Waals surface area contributed by atoms with Crippen LogP contribution in [0.4, 0.5) is 0 Å². The number of hydrogen-bond acceptors (Lipinski definition) is 5. The van der Waals surface area contributed by atoms with E-state index in [1.54, 1.807) is 24.3 Å². The molecule has 2 aromatic rings. The maximum Gasteiger partial charge on any atom is 0.266 e. The molecule has 20 heavy (non-hydrogen) atoms. The average molecular weight is 292 g/mol. The van der Waals surface area contributed by atoms with Gasteiger partial charge in [-0.25, -0.2) is 0 Å². The summed E-state index contributed by atoms with van der Waals surface area (Å²) in [6.07, 6.45) is 0. The Hall–Kier alpha value is -2.41. The lowest BCUT2D eigenvalue weighted by atomic mass is 10.2. The number of carbonyl (C=O) groups is 1. The predicted octanol–water partition coefficient (Wildman–Crippen LogP) is 1.81. The van der Waals surface area contributed by atoms with E-state index in [-0.39, 0.29) is 10.3 Å². The summed E-state index contributed by atoms with van der Waals surface area (Å²) < 4.78 is 6.35. The summed E-state index contributed by atoms with van der Waals surface area (Å²) in [6.45, 7) is 1.19. The standard InChI is InChI=1S/C13H12N2O4S/c1-7(16)10-11(17)14-13(20)15(12(10)18)8-5-3-4-6-9(8)19-2/h3-6,18H,1-2H3,(H,14,17,20). The van der Waals surface area contributed by atoms with E-state index in [2.05, 4.69) is 4.98 Å². The molecule has 104 valence electrons. The number of carbonyl (C=O) groups excluding carboxylic acids is 1. The van der Waals surface area contributed by atoms with Gasteiger partial charge in [-0.3, -0.25) is 19.1 Å².